The fourth-order valence-corrected chi connectivity index (χ4v) is 1.05. The Labute approximate surface area is 84.5 Å². The van der Waals surface area contributed by atoms with Gasteiger partial charge >= 0.3 is 5.97 Å². The van der Waals surface area contributed by atoms with Crippen LogP contribution in [0.1, 0.15) is 27.2 Å². The summed E-state index contributed by atoms with van der Waals surface area (Å²) < 4.78 is 30.4. The molecular formula is C8H16O5S. The lowest BCUT2D eigenvalue weighted by atomic mass is 10.2. The highest BCUT2D eigenvalue weighted by molar-refractivity contribution is 7.85. The first-order valence-electron chi connectivity index (χ1n) is 4.16. The zero-order valence-corrected chi connectivity index (χ0v) is 9.68. The van der Waals surface area contributed by atoms with Gasteiger partial charge in [-0.05, 0) is 20.8 Å². The van der Waals surface area contributed by atoms with E-state index in [1.54, 1.807) is 20.8 Å². The number of carbonyl (C=O) groups is 1. The van der Waals surface area contributed by atoms with Gasteiger partial charge < -0.3 is 4.74 Å². The summed E-state index contributed by atoms with van der Waals surface area (Å²) in [7, 11) is -3.47. The Kier molecular flexibility index (Phi) is 4.54. The van der Waals surface area contributed by atoms with Crippen molar-refractivity contribution in [2.24, 2.45) is 0 Å². The summed E-state index contributed by atoms with van der Waals surface area (Å²) in [4.78, 5) is 11.0. The van der Waals surface area contributed by atoms with Crippen LogP contribution in [0.2, 0.25) is 0 Å². The number of ether oxygens (including phenoxy) is 1. The second-order valence-corrected chi connectivity index (χ2v) is 5.51. The van der Waals surface area contributed by atoms with Crippen molar-refractivity contribution in [3.8, 4) is 0 Å². The van der Waals surface area contributed by atoms with Crippen molar-refractivity contribution >= 4 is 16.1 Å². The molecule has 0 aliphatic carbocycles. The molecule has 0 rings (SSSR count). The van der Waals surface area contributed by atoms with E-state index < -0.39 is 21.7 Å². The first-order valence-corrected chi connectivity index (χ1v) is 5.98. The van der Waals surface area contributed by atoms with Crippen molar-refractivity contribution in [1.29, 1.82) is 0 Å². The minimum Gasteiger partial charge on any atom is -0.460 e. The maximum Gasteiger partial charge on any atom is 0.308 e. The molecule has 0 N–H and O–H groups in total. The molecule has 6 heteroatoms. The quantitative estimate of drug-likeness (QED) is 0.519. The molecule has 0 saturated heterocycles. The van der Waals surface area contributed by atoms with Crippen molar-refractivity contribution in [3.63, 3.8) is 0 Å². The Morgan fingerprint density at radius 1 is 1.29 bits per heavy atom. The van der Waals surface area contributed by atoms with E-state index in [4.69, 9.17) is 4.74 Å². The van der Waals surface area contributed by atoms with Gasteiger partial charge in [-0.1, -0.05) is 0 Å². The van der Waals surface area contributed by atoms with Gasteiger partial charge in [-0.15, -0.1) is 0 Å². The van der Waals surface area contributed by atoms with Crippen LogP contribution >= 0.6 is 0 Å². The summed E-state index contributed by atoms with van der Waals surface area (Å²) in [5.74, 6) is -0.471. The smallest absolute Gasteiger partial charge is 0.308 e. The van der Waals surface area contributed by atoms with E-state index in [-0.39, 0.29) is 13.0 Å². The zero-order chi connectivity index (χ0) is 11.4. The molecule has 5 nitrogen and oxygen atoms in total. The van der Waals surface area contributed by atoms with Gasteiger partial charge in [-0.25, -0.2) is 0 Å². The molecule has 0 fully saturated rings. The van der Waals surface area contributed by atoms with Gasteiger partial charge in [0.05, 0.1) is 19.3 Å². The predicted octanol–water partition coefficient (Wildman–Crippen LogP) is 0.694. The van der Waals surface area contributed by atoms with Crippen molar-refractivity contribution in [1.82, 2.24) is 0 Å². The average Bonchev–Trinajstić information content (AvgIpc) is 1.78. The molecule has 0 aromatic rings. The van der Waals surface area contributed by atoms with Crippen LogP contribution in [0.15, 0.2) is 0 Å². The minimum atomic E-state index is -3.47. The van der Waals surface area contributed by atoms with Crippen LogP contribution < -0.4 is 0 Å². The molecule has 84 valence electrons. The monoisotopic (exact) mass is 224 g/mol. The van der Waals surface area contributed by atoms with Crippen molar-refractivity contribution in [2.75, 3.05) is 12.9 Å². The third-order valence-electron chi connectivity index (χ3n) is 1.02. The molecule has 0 saturated carbocycles. The molecule has 0 bridgehead atoms. The third-order valence-corrected chi connectivity index (χ3v) is 1.62. The third kappa shape index (κ3) is 9.47. The van der Waals surface area contributed by atoms with Crippen LogP contribution in [0.4, 0.5) is 0 Å². The lowest BCUT2D eigenvalue weighted by Crippen LogP contribution is -2.24. The molecule has 0 spiro atoms. The lowest BCUT2D eigenvalue weighted by Gasteiger charge is -2.19. The number of hydrogen-bond acceptors (Lipinski definition) is 5. The Bertz CT molecular complexity index is 285. The van der Waals surface area contributed by atoms with Crippen LogP contribution in [0.25, 0.3) is 0 Å². The molecule has 0 aromatic heterocycles. The Morgan fingerprint density at radius 3 is 2.14 bits per heavy atom. The van der Waals surface area contributed by atoms with E-state index in [1.807, 2.05) is 0 Å². The molecule has 0 aliphatic heterocycles. The highest BCUT2D eigenvalue weighted by Crippen LogP contribution is 2.08. The number of rotatable bonds is 4. The van der Waals surface area contributed by atoms with Gasteiger partial charge in [0.2, 0.25) is 0 Å². The topological polar surface area (TPSA) is 69.7 Å². The largest absolute Gasteiger partial charge is 0.460 e. The van der Waals surface area contributed by atoms with Crippen LogP contribution in [0.3, 0.4) is 0 Å². The molecule has 14 heavy (non-hydrogen) atoms. The van der Waals surface area contributed by atoms with Gasteiger partial charge in [-0.2, -0.15) is 8.42 Å². The van der Waals surface area contributed by atoms with E-state index in [1.165, 1.54) is 0 Å². The fourth-order valence-electron chi connectivity index (χ4n) is 0.669. The first-order chi connectivity index (χ1) is 6.10. The van der Waals surface area contributed by atoms with Crippen molar-refractivity contribution in [3.05, 3.63) is 0 Å². The summed E-state index contributed by atoms with van der Waals surface area (Å²) in [6.07, 6.45) is 0.867. The second-order valence-electron chi connectivity index (χ2n) is 3.86. The average molecular weight is 224 g/mol. The molecule has 0 amide bonds. The molecule has 0 radical (unpaired) electrons. The molecule has 0 aliphatic rings. The van der Waals surface area contributed by atoms with Crippen molar-refractivity contribution in [2.45, 2.75) is 32.8 Å². The summed E-state index contributed by atoms with van der Waals surface area (Å²) in [6, 6.07) is 0. The zero-order valence-electron chi connectivity index (χ0n) is 8.86. The van der Waals surface area contributed by atoms with Crippen LogP contribution in [0.5, 0.6) is 0 Å². The maximum atomic E-state index is 11.0. The van der Waals surface area contributed by atoms with E-state index in [0.717, 1.165) is 6.26 Å². The molecular weight excluding hydrogens is 208 g/mol. The second kappa shape index (κ2) is 4.75. The molecule has 0 atom stereocenters. The molecule has 0 unspecified atom stereocenters. The number of hydrogen-bond donors (Lipinski definition) is 0. The van der Waals surface area contributed by atoms with Gasteiger partial charge in [0.15, 0.2) is 0 Å². The Hall–Kier alpha value is -0.620. The molecule has 0 aromatic carbocycles. The summed E-state index contributed by atoms with van der Waals surface area (Å²) >= 11 is 0. The number of carbonyl (C=O) groups excluding carboxylic acids is 1. The summed E-state index contributed by atoms with van der Waals surface area (Å²) in [5, 5.41) is 0. The van der Waals surface area contributed by atoms with Crippen LogP contribution in [0, 0.1) is 0 Å². The summed E-state index contributed by atoms with van der Waals surface area (Å²) in [5.41, 5.74) is -0.553. The van der Waals surface area contributed by atoms with E-state index >= 15 is 0 Å². The van der Waals surface area contributed by atoms with E-state index in [9.17, 15) is 13.2 Å². The van der Waals surface area contributed by atoms with E-state index in [2.05, 4.69) is 4.18 Å². The van der Waals surface area contributed by atoms with Crippen LogP contribution in [-0.2, 0) is 23.8 Å². The SMILES string of the molecule is CC(C)(C)OC(=O)CCOS(C)(=O)=O. The lowest BCUT2D eigenvalue weighted by molar-refractivity contribution is -0.155. The highest BCUT2D eigenvalue weighted by atomic mass is 32.2. The number of esters is 1. The van der Waals surface area contributed by atoms with Gasteiger partial charge in [0.1, 0.15) is 5.60 Å². The standard InChI is InChI=1S/C8H16O5S/c1-8(2,3)13-7(9)5-6-12-14(4,10)11/h5-6H2,1-4H3. The van der Waals surface area contributed by atoms with Gasteiger partial charge in [0.25, 0.3) is 10.1 Å². The van der Waals surface area contributed by atoms with E-state index in [0.29, 0.717) is 0 Å². The predicted molar refractivity (Wildman–Crippen MR) is 51.3 cm³/mol. The fraction of sp³-hybridized carbons (Fsp3) is 0.875. The van der Waals surface area contributed by atoms with Crippen LogP contribution in [-0.4, -0.2) is 32.9 Å². The first kappa shape index (κ1) is 13.4. The van der Waals surface area contributed by atoms with Gasteiger partial charge in [0, 0.05) is 0 Å². The minimum absolute atomic E-state index is 0.0651. The molecule has 0 heterocycles. The Balaban J connectivity index is 3.77. The maximum absolute atomic E-state index is 11.0. The van der Waals surface area contributed by atoms with Crippen molar-refractivity contribution < 1.29 is 22.1 Å². The summed E-state index contributed by atoms with van der Waals surface area (Å²) in [6.45, 7) is 5.04. The van der Waals surface area contributed by atoms with Gasteiger partial charge in [-0.3, -0.25) is 8.98 Å². The highest BCUT2D eigenvalue weighted by Gasteiger charge is 2.16. The Morgan fingerprint density at radius 2 is 1.79 bits per heavy atom. The normalized spacial score (nSPS) is 12.6.